The molecule has 0 radical (unpaired) electrons. The van der Waals surface area contributed by atoms with Gasteiger partial charge in [-0.1, -0.05) is 226 Å². The van der Waals surface area contributed by atoms with Crippen LogP contribution in [-0.4, -0.2) is 46.9 Å². The molecule has 0 spiro atoms. The Morgan fingerprint density at radius 1 is 0.472 bits per heavy atom. The Morgan fingerprint density at radius 2 is 0.792 bits per heavy atom. The zero-order valence-corrected chi connectivity index (χ0v) is 35.9. The summed E-state index contributed by atoms with van der Waals surface area (Å²) in [5.41, 5.74) is 0. The normalized spacial score (nSPS) is 13.2. The Bertz CT molecular complexity index is 761. The van der Waals surface area contributed by atoms with E-state index >= 15 is 0 Å². The summed E-state index contributed by atoms with van der Waals surface area (Å²) in [6.45, 7) is 6.46. The number of hydrogen-bond donors (Lipinski definition) is 3. The number of nitrogens with one attached hydrogen (secondary N) is 1. The molecule has 53 heavy (non-hydrogen) atoms. The fourth-order valence-electron chi connectivity index (χ4n) is 7.55. The maximum atomic E-state index is 13.1. The van der Waals surface area contributed by atoms with Crippen LogP contribution in [0.15, 0.2) is 0 Å². The standard InChI is InChI=1S/C47H93NO5/c1-4-7-10-13-16-19-20-21-22-23-24-25-28-30-33-36-39-45(50)44(42-49)48-46(51)41-43(38-35-32-29-26-17-14-11-8-5-2)53-47(52)40-37-34-31-27-18-15-12-9-6-3/h43-45,49-50H,4-42H2,1-3H3,(H,48,51). The fourth-order valence-corrected chi connectivity index (χ4v) is 7.55. The average Bonchev–Trinajstić information content (AvgIpc) is 3.15. The smallest absolute Gasteiger partial charge is 0.306 e. The second-order valence-electron chi connectivity index (χ2n) is 16.5. The second-order valence-corrected chi connectivity index (χ2v) is 16.5. The molecule has 3 unspecified atom stereocenters. The number of aliphatic hydroxyl groups excluding tert-OH is 2. The maximum absolute atomic E-state index is 13.1. The van der Waals surface area contributed by atoms with Gasteiger partial charge in [-0.15, -0.1) is 0 Å². The van der Waals surface area contributed by atoms with Crippen molar-refractivity contribution in [1.82, 2.24) is 5.32 Å². The van der Waals surface area contributed by atoms with Gasteiger partial charge in [-0.2, -0.15) is 0 Å². The number of unbranched alkanes of at least 4 members (excludes halogenated alkanes) is 31. The lowest BCUT2D eigenvalue weighted by atomic mass is 10.0. The van der Waals surface area contributed by atoms with Gasteiger partial charge in [-0.3, -0.25) is 9.59 Å². The minimum atomic E-state index is -0.777. The molecule has 0 heterocycles. The van der Waals surface area contributed by atoms with E-state index in [1.54, 1.807) is 0 Å². The maximum Gasteiger partial charge on any atom is 0.306 e. The van der Waals surface area contributed by atoms with Crippen LogP contribution >= 0.6 is 0 Å². The van der Waals surface area contributed by atoms with Gasteiger partial charge in [0.15, 0.2) is 0 Å². The predicted molar refractivity (Wildman–Crippen MR) is 227 cm³/mol. The molecule has 0 fully saturated rings. The van der Waals surface area contributed by atoms with E-state index in [0.29, 0.717) is 19.3 Å². The number of ether oxygens (including phenoxy) is 1. The molecule has 316 valence electrons. The Balaban J connectivity index is 4.38. The van der Waals surface area contributed by atoms with Gasteiger partial charge < -0.3 is 20.3 Å². The van der Waals surface area contributed by atoms with E-state index in [1.165, 1.54) is 173 Å². The zero-order valence-electron chi connectivity index (χ0n) is 35.9. The summed E-state index contributed by atoms with van der Waals surface area (Å²) in [7, 11) is 0. The summed E-state index contributed by atoms with van der Waals surface area (Å²) < 4.78 is 5.88. The van der Waals surface area contributed by atoms with Gasteiger partial charge in [0.25, 0.3) is 0 Å². The van der Waals surface area contributed by atoms with Crippen molar-refractivity contribution in [3.8, 4) is 0 Å². The van der Waals surface area contributed by atoms with Gasteiger partial charge in [-0.05, 0) is 25.7 Å². The number of carbonyl (C=O) groups is 2. The number of amides is 1. The summed E-state index contributed by atoms with van der Waals surface area (Å²) in [4.78, 5) is 25.9. The van der Waals surface area contributed by atoms with Crippen molar-refractivity contribution in [1.29, 1.82) is 0 Å². The lowest BCUT2D eigenvalue weighted by Crippen LogP contribution is -2.46. The van der Waals surface area contributed by atoms with Crippen molar-refractivity contribution >= 4 is 11.9 Å². The van der Waals surface area contributed by atoms with E-state index < -0.39 is 18.2 Å². The summed E-state index contributed by atoms with van der Waals surface area (Å²) in [5, 5.41) is 23.7. The molecule has 0 aromatic heterocycles. The van der Waals surface area contributed by atoms with E-state index in [0.717, 1.165) is 44.9 Å². The Hall–Kier alpha value is -1.14. The molecule has 0 bridgehead atoms. The largest absolute Gasteiger partial charge is 0.462 e. The first-order valence-electron chi connectivity index (χ1n) is 23.8. The van der Waals surface area contributed by atoms with E-state index in [9.17, 15) is 19.8 Å². The van der Waals surface area contributed by atoms with Crippen molar-refractivity contribution in [2.75, 3.05) is 6.61 Å². The van der Waals surface area contributed by atoms with E-state index in [2.05, 4.69) is 26.1 Å². The molecule has 3 N–H and O–H groups in total. The third kappa shape index (κ3) is 37.6. The van der Waals surface area contributed by atoms with Crippen LogP contribution in [0.2, 0.25) is 0 Å². The minimum absolute atomic E-state index is 0.0861. The SMILES string of the molecule is CCCCCCCCCCCCCCCCCCC(O)C(CO)NC(=O)CC(CCCCCCCCCCC)OC(=O)CCCCCCCCCCC. The Labute approximate surface area is 330 Å². The molecule has 6 nitrogen and oxygen atoms in total. The summed E-state index contributed by atoms with van der Waals surface area (Å²) in [6, 6.07) is -0.690. The monoisotopic (exact) mass is 752 g/mol. The van der Waals surface area contributed by atoms with Crippen LogP contribution in [0.5, 0.6) is 0 Å². The first kappa shape index (κ1) is 51.9. The van der Waals surface area contributed by atoms with Crippen LogP contribution in [0, 0.1) is 0 Å². The Morgan fingerprint density at radius 3 is 1.15 bits per heavy atom. The van der Waals surface area contributed by atoms with Crippen molar-refractivity contribution in [3.05, 3.63) is 0 Å². The highest BCUT2D eigenvalue weighted by Crippen LogP contribution is 2.18. The van der Waals surface area contributed by atoms with Crippen LogP contribution in [0.25, 0.3) is 0 Å². The van der Waals surface area contributed by atoms with Gasteiger partial charge in [0, 0.05) is 6.42 Å². The second kappa shape index (κ2) is 42.0. The van der Waals surface area contributed by atoms with E-state index in [1.807, 2.05) is 0 Å². The molecular weight excluding hydrogens is 659 g/mol. The summed E-state index contributed by atoms with van der Waals surface area (Å²) in [5.74, 6) is -0.462. The molecule has 0 saturated heterocycles. The molecule has 0 aromatic rings. The topological polar surface area (TPSA) is 95.9 Å². The van der Waals surface area contributed by atoms with Gasteiger partial charge in [0.2, 0.25) is 5.91 Å². The van der Waals surface area contributed by atoms with Crippen LogP contribution < -0.4 is 5.32 Å². The Kier molecular flexibility index (Phi) is 41.1. The highest BCUT2D eigenvalue weighted by Gasteiger charge is 2.24. The average molecular weight is 752 g/mol. The fraction of sp³-hybridized carbons (Fsp3) is 0.957. The van der Waals surface area contributed by atoms with Gasteiger partial charge in [-0.25, -0.2) is 0 Å². The van der Waals surface area contributed by atoms with Crippen molar-refractivity contribution in [3.63, 3.8) is 0 Å². The highest BCUT2D eigenvalue weighted by atomic mass is 16.5. The van der Waals surface area contributed by atoms with Crippen molar-refractivity contribution < 1.29 is 24.5 Å². The first-order valence-corrected chi connectivity index (χ1v) is 23.8. The van der Waals surface area contributed by atoms with Crippen molar-refractivity contribution in [2.24, 2.45) is 0 Å². The van der Waals surface area contributed by atoms with E-state index in [4.69, 9.17) is 4.74 Å². The third-order valence-electron chi connectivity index (χ3n) is 11.2. The quantitative estimate of drug-likeness (QED) is 0.0426. The molecule has 0 saturated carbocycles. The van der Waals surface area contributed by atoms with Gasteiger partial charge >= 0.3 is 5.97 Å². The third-order valence-corrected chi connectivity index (χ3v) is 11.2. The number of carbonyl (C=O) groups excluding carboxylic acids is 2. The molecule has 0 aliphatic heterocycles. The van der Waals surface area contributed by atoms with Gasteiger partial charge in [0.05, 0.1) is 25.2 Å². The number of hydrogen-bond acceptors (Lipinski definition) is 5. The molecule has 6 heteroatoms. The molecule has 1 amide bonds. The highest BCUT2D eigenvalue weighted by molar-refractivity contribution is 5.77. The molecule has 0 rings (SSSR count). The lowest BCUT2D eigenvalue weighted by molar-refractivity contribution is -0.151. The molecular formula is C47H93NO5. The summed E-state index contributed by atoms with van der Waals surface area (Å²) >= 11 is 0. The van der Waals surface area contributed by atoms with Crippen LogP contribution in [0.1, 0.15) is 265 Å². The number of esters is 1. The van der Waals surface area contributed by atoms with Crippen LogP contribution in [-0.2, 0) is 14.3 Å². The van der Waals surface area contributed by atoms with Gasteiger partial charge in [0.1, 0.15) is 6.10 Å². The predicted octanol–water partition coefficient (Wildman–Crippen LogP) is 13.6. The first-order chi connectivity index (χ1) is 26.0. The van der Waals surface area contributed by atoms with E-state index in [-0.39, 0.29) is 24.9 Å². The van der Waals surface area contributed by atoms with Crippen LogP contribution in [0.3, 0.4) is 0 Å². The van der Waals surface area contributed by atoms with Crippen LogP contribution in [0.4, 0.5) is 0 Å². The molecule has 0 aliphatic rings. The molecule has 3 atom stereocenters. The van der Waals surface area contributed by atoms with Crippen molar-refractivity contribution in [2.45, 2.75) is 283 Å². The zero-order chi connectivity index (χ0) is 38.9. The number of rotatable bonds is 43. The summed E-state index contributed by atoms with van der Waals surface area (Å²) in [6.07, 6.45) is 43.1. The lowest BCUT2D eigenvalue weighted by Gasteiger charge is -2.24. The number of aliphatic hydroxyl groups is 2. The molecule has 0 aromatic carbocycles. The molecule has 0 aliphatic carbocycles. The minimum Gasteiger partial charge on any atom is -0.462 e.